The van der Waals surface area contributed by atoms with Crippen molar-refractivity contribution < 1.29 is 19.1 Å². The predicted octanol–water partition coefficient (Wildman–Crippen LogP) is 6.26. The minimum absolute atomic E-state index is 0.0338. The van der Waals surface area contributed by atoms with Crippen LogP contribution in [0.25, 0.3) is 11.1 Å². The van der Waals surface area contributed by atoms with Gasteiger partial charge in [0.05, 0.1) is 34.4 Å². The van der Waals surface area contributed by atoms with E-state index in [-0.39, 0.29) is 35.6 Å². The molecule has 5 rings (SSSR count). The average Bonchev–Trinajstić information content (AvgIpc) is 3.08. The molecule has 2 saturated heterocycles. The fourth-order valence-corrected chi connectivity index (χ4v) is 6.89. The Hall–Kier alpha value is -4.06. The van der Waals surface area contributed by atoms with E-state index in [0.29, 0.717) is 77.9 Å². The van der Waals surface area contributed by atoms with Crippen molar-refractivity contribution in [3.8, 4) is 22.9 Å². The molecule has 0 spiro atoms. The van der Waals surface area contributed by atoms with Crippen LogP contribution >= 0.6 is 23.2 Å². The van der Waals surface area contributed by atoms with Crippen LogP contribution in [-0.2, 0) is 9.59 Å². The first-order valence-corrected chi connectivity index (χ1v) is 15.8. The monoisotopic (exact) mass is 646 g/mol. The number of halogens is 2. The average molecular weight is 648 g/mol. The molecule has 0 saturated carbocycles. The molecule has 2 fully saturated rings. The van der Waals surface area contributed by atoms with Crippen LogP contribution in [0.5, 0.6) is 5.75 Å². The maximum Gasteiger partial charge on any atom is 0.258 e. The summed E-state index contributed by atoms with van der Waals surface area (Å²) in [6, 6.07) is 20.0. The van der Waals surface area contributed by atoms with Crippen molar-refractivity contribution in [3.63, 3.8) is 0 Å². The number of likely N-dealkylation sites (N-methyl/N-ethyl adjacent to an activating group) is 1. The van der Waals surface area contributed by atoms with E-state index in [0.717, 1.165) is 11.1 Å². The summed E-state index contributed by atoms with van der Waals surface area (Å²) in [5.74, 6) is -0.0103. The molecule has 2 aliphatic heterocycles. The Morgan fingerprint density at radius 1 is 0.933 bits per heavy atom. The second-order valence-corrected chi connectivity index (χ2v) is 12.5. The number of hydrogen-bond donors (Lipinski definition) is 0. The summed E-state index contributed by atoms with van der Waals surface area (Å²) in [5, 5.41) is 10.1. The number of carbonyl (C=O) groups is 3. The summed E-state index contributed by atoms with van der Waals surface area (Å²) >= 11 is 12.7. The van der Waals surface area contributed by atoms with Gasteiger partial charge in [-0.25, -0.2) is 0 Å². The van der Waals surface area contributed by atoms with Crippen molar-refractivity contribution in [2.45, 2.75) is 38.1 Å². The van der Waals surface area contributed by atoms with E-state index in [1.165, 1.54) is 7.11 Å². The molecule has 234 valence electrons. The van der Waals surface area contributed by atoms with Gasteiger partial charge in [0, 0.05) is 58.0 Å². The van der Waals surface area contributed by atoms with E-state index in [1.54, 1.807) is 48.0 Å². The van der Waals surface area contributed by atoms with Gasteiger partial charge < -0.3 is 19.4 Å². The number of nitrogens with zero attached hydrogens (tertiary/aromatic N) is 4. The smallest absolute Gasteiger partial charge is 0.258 e. The molecule has 2 aliphatic rings. The van der Waals surface area contributed by atoms with E-state index in [1.807, 2.05) is 41.3 Å². The van der Waals surface area contributed by atoms with Crippen molar-refractivity contribution in [1.82, 2.24) is 14.7 Å². The van der Waals surface area contributed by atoms with E-state index in [9.17, 15) is 19.6 Å². The molecule has 10 heteroatoms. The molecule has 0 unspecified atom stereocenters. The lowest BCUT2D eigenvalue weighted by atomic mass is 9.83. The number of ether oxygens (including phenoxy) is 1. The van der Waals surface area contributed by atoms with E-state index >= 15 is 0 Å². The number of rotatable bonds is 6. The van der Waals surface area contributed by atoms with Crippen LogP contribution in [0.4, 0.5) is 0 Å². The third kappa shape index (κ3) is 6.80. The van der Waals surface area contributed by atoms with Crippen molar-refractivity contribution in [2.24, 2.45) is 5.92 Å². The minimum atomic E-state index is -0.253. The van der Waals surface area contributed by atoms with Crippen molar-refractivity contribution >= 4 is 40.9 Å². The zero-order valence-electron chi connectivity index (χ0n) is 25.6. The van der Waals surface area contributed by atoms with Gasteiger partial charge in [0.25, 0.3) is 5.91 Å². The van der Waals surface area contributed by atoms with Crippen LogP contribution in [0.3, 0.4) is 0 Å². The van der Waals surface area contributed by atoms with E-state index < -0.39 is 0 Å². The van der Waals surface area contributed by atoms with Crippen molar-refractivity contribution in [1.29, 1.82) is 5.26 Å². The normalized spacial score (nSPS) is 18.7. The van der Waals surface area contributed by atoms with Gasteiger partial charge in [-0.15, -0.1) is 0 Å². The zero-order valence-corrected chi connectivity index (χ0v) is 27.1. The third-order valence-corrected chi connectivity index (χ3v) is 9.89. The van der Waals surface area contributed by atoms with Crippen LogP contribution in [0.1, 0.15) is 53.6 Å². The van der Waals surface area contributed by atoms with Crippen LogP contribution in [0, 0.1) is 17.2 Å². The van der Waals surface area contributed by atoms with Gasteiger partial charge in [0.1, 0.15) is 5.75 Å². The van der Waals surface area contributed by atoms with E-state index in [2.05, 4.69) is 6.07 Å². The minimum Gasteiger partial charge on any atom is -0.496 e. The lowest BCUT2D eigenvalue weighted by Crippen LogP contribution is -2.53. The molecule has 3 aromatic rings. The van der Waals surface area contributed by atoms with Gasteiger partial charge >= 0.3 is 0 Å². The molecule has 2 atom stereocenters. The SMILES string of the molecule is COc1cccc(-c2ccc(C#N)cc2)c1C(=O)N(C)[C@@H]1CCN(C(=O)C2CCN(C(C)=O)CC2)C[C@H]1c1ccc(Cl)c(Cl)c1. The highest BCUT2D eigenvalue weighted by Crippen LogP contribution is 2.38. The fourth-order valence-electron chi connectivity index (χ4n) is 6.59. The number of likely N-dealkylation sites (tertiary alicyclic amines) is 2. The molecule has 0 bridgehead atoms. The molecule has 3 aromatic carbocycles. The third-order valence-electron chi connectivity index (χ3n) is 9.15. The molecular weight excluding hydrogens is 611 g/mol. The lowest BCUT2D eigenvalue weighted by molar-refractivity contribution is -0.141. The number of methoxy groups -OCH3 is 1. The molecule has 0 radical (unpaired) electrons. The zero-order chi connectivity index (χ0) is 32.2. The fraction of sp³-hybridized carbons (Fsp3) is 0.371. The lowest BCUT2D eigenvalue weighted by Gasteiger charge is -2.44. The van der Waals surface area contributed by atoms with Crippen LogP contribution in [0.2, 0.25) is 10.0 Å². The molecule has 2 heterocycles. The summed E-state index contributed by atoms with van der Waals surface area (Å²) in [6.45, 7) is 3.64. The summed E-state index contributed by atoms with van der Waals surface area (Å²) in [4.78, 5) is 45.4. The maximum atomic E-state index is 14.4. The molecular formula is C35H36Cl2N4O4. The second kappa shape index (κ2) is 13.9. The van der Waals surface area contributed by atoms with Crippen LogP contribution in [0.15, 0.2) is 60.7 Å². The Bertz CT molecular complexity index is 1630. The van der Waals surface area contributed by atoms with Gasteiger partial charge in [-0.1, -0.05) is 53.5 Å². The van der Waals surface area contributed by atoms with Gasteiger partial charge in [0.15, 0.2) is 0 Å². The Morgan fingerprint density at radius 3 is 2.24 bits per heavy atom. The summed E-state index contributed by atoms with van der Waals surface area (Å²) < 4.78 is 5.68. The molecule has 0 aromatic heterocycles. The number of carbonyl (C=O) groups excluding carboxylic acids is 3. The molecule has 45 heavy (non-hydrogen) atoms. The number of hydrogen-bond acceptors (Lipinski definition) is 5. The number of benzene rings is 3. The molecule has 8 nitrogen and oxygen atoms in total. The molecule has 3 amide bonds. The number of nitriles is 1. The summed E-state index contributed by atoms with van der Waals surface area (Å²) in [7, 11) is 3.33. The first-order chi connectivity index (χ1) is 21.6. The Morgan fingerprint density at radius 2 is 1.62 bits per heavy atom. The van der Waals surface area contributed by atoms with E-state index in [4.69, 9.17) is 27.9 Å². The topological polar surface area (TPSA) is 93.9 Å². The quantitative estimate of drug-likeness (QED) is 0.315. The highest BCUT2D eigenvalue weighted by molar-refractivity contribution is 6.42. The number of amides is 3. The highest BCUT2D eigenvalue weighted by Gasteiger charge is 2.40. The molecule has 0 aliphatic carbocycles. The maximum absolute atomic E-state index is 14.4. The Labute approximate surface area is 274 Å². The second-order valence-electron chi connectivity index (χ2n) is 11.7. The van der Waals surface area contributed by atoms with Crippen LogP contribution in [-0.4, -0.2) is 78.8 Å². The summed E-state index contributed by atoms with van der Waals surface area (Å²) in [6.07, 6.45) is 1.84. The van der Waals surface area contributed by atoms with Gasteiger partial charge in [-0.3, -0.25) is 14.4 Å². The van der Waals surface area contributed by atoms with Crippen LogP contribution < -0.4 is 4.74 Å². The Balaban J connectivity index is 1.45. The van der Waals surface area contributed by atoms with Gasteiger partial charge in [0.2, 0.25) is 11.8 Å². The standard InChI is InChI=1S/C35H36Cl2N4O4/c1-22(42)40-16-13-25(14-17-40)34(43)41-18-15-31(28(21-41)26-11-12-29(36)30(37)19-26)39(2)35(44)33-27(5-4-6-32(33)45-3)24-9-7-23(20-38)8-10-24/h4-12,19,25,28,31H,13-18,21H2,1-3H3/t28-,31+/m0/s1. The highest BCUT2D eigenvalue weighted by atomic mass is 35.5. The van der Waals surface area contributed by atoms with Crippen molar-refractivity contribution in [2.75, 3.05) is 40.3 Å². The first-order valence-electron chi connectivity index (χ1n) is 15.1. The number of piperidine rings is 2. The molecule has 0 N–H and O–H groups in total. The van der Waals surface area contributed by atoms with Gasteiger partial charge in [-0.2, -0.15) is 5.26 Å². The predicted molar refractivity (Wildman–Crippen MR) is 174 cm³/mol. The van der Waals surface area contributed by atoms with Crippen molar-refractivity contribution in [3.05, 3.63) is 87.4 Å². The van der Waals surface area contributed by atoms with Gasteiger partial charge in [-0.05, 0) is 66.3 Å². The first kappa shape index (κ1) is 32.3. The largest absolute Gasteiger partial charge is 0.496 e. The summed E-state index contributed by atoms with van der Waals surface area (Å²) in [5.41, 5.74) is 3.34. The Kier molecular flexibility index (Phi) is 10.0.